The van der Waals surface area contributed by atoms with E-state index in [9.17, 15) is 9.59 Å². The summed E-state index contributed by atoms with van der Waals surface area (Å²) >= 11 is 0. The molecule has 0 bridgehead atoms. The Labute approximate surface area is 125 Å². The van der Waals surface area contributed by atoms with Gasteiger partial charge in [-0.2, -0.15) is 0 Å². The Morgan fingerprint density at radius 2 is 1.86 bits per heavy atom. The first-order chi connectivity index (χ1) is 10.1. The molecule has 1 aromatic rings. The van der Waals surface area contributed by atoms with E-state index in [1.807, 2.05) is 24.3 Å². The summed E-state index contributed by atoms with van der Waals surface area (Å²) in [5.74, 6) is 0.202. The predicted octanol–water partition coefficient (Wildman–Crippen LogP) is 3.94. The minimum Gasteiger partial charge on any atom is -0.274 e. The zero-order valence-electron chi connectivity index (χ0n) is 12.7. The normalized spacial score (nSPS) is 19.3. The molecule has 21 heavy (non-hydrogen) atoms. The van der Waals surface area contributed by atoms with Gasteiger partial charge < -0.3 is 0 Å². The fourth-order valence-electron chi connectivity index (χ4n) is 3.22. The van der Waals surface area contributed by atoms with Crippen molar-refractivity contribution in [2.45, 2.75) is 51.9 Å². The summed E-state index contributed by atoms with van der Waals surface area (Å²) in [6.45, 7) is 4.22. The highest BCUT2D eigenvalue weighted by atomic mass is 16.2. The molecule has 110 valence electrons. The quantitative estimate of drug-likeness (QED) is 0.771. The third-order valence-electron chi connectivity index (χ3n) is 4.45. The third-order valence-corrected chi connectivity index (χ3v) is 4.45. The van der Waals surface area contributed by atoms with Crippen LogP contribution in [0.4, 0.5) is 5.69 Å². The van der Waals surface area contributed by atoms with E-state index in [1.54, 1.807) is 0 Å². The van der Waals surface area contributed by atoms with Gasteiger partial charge >= 0.3 is 0 Å². The number of nitrogens with zero attached hydrogens (tertiary/aromatic N) is 1. The van der Waals surface area contributed by atoms with Gasteiger partial charge in [0.1, 0.15) is 0 Å². The summed E-state index contributed by atoms with van der Waals surface area (Å²) in [7, 11) is 0. The Hall–Kier alpha value is -1.90. The molecule has 0 saturated heterocycles. The number of benzene rings is 1. The molecule has 0 radical (unpaired) electrons. The van der Waals surface area contributed by atoms with E-state index in [4.69, 9.17) is 0 Å². The molecule has 3 rings (SSSR count). The third kappa shape index (κ3) is 2.53. The fraction of sp³-hybridized carbons (Fsp3) is 0.444. The summed E-state index contributed by atoms with van der Waals surface area (Å²) in [5, 5.41) is 0. The van der Waals surface area contributed by atoms with E-state index < -0.39 is 0 Å². The second-order valence-electron chi connectivity index (χ2n) is 6.25. The number of rotatable bonds is 2. The van der Waals surface area contributed by atoms with Crippen LogP contribution in [0.3, 0.4) is 0 Å². The smallest absolute Gasteiger partial charge is 0.260 e. The van der Waals surface area contributed by atoms with Crippen molar-refractivity contribution in [1.82, 2.24) is 0 Å². The zero-order chi connectivity index (χ0) is 15.0. The maximum atomic E-state index is 12.7. The van der Waals surface area contributed by atoms with Crippen molar-refractivity contribution in [3.05, 3.63) is 41.0 Å². The molecule has 0 spiro atoms. The zero-order valence-corrected chi connectivity index (χ0v) is 12.7. The molecule has 3 heteroatoms. The van der Waals surface area contributed by atoms with Crippen molar-refractivity contribution in [1.29, 1.82) is 0 Å². The Morgan fingerprint density at radius 3 is 2.62 bits per heavy atom. The number of carbonyl (C=O) groups excluding carboxylic acids is 2. The largest absolute Gasteiger partial charge is 0.274 e. The lowest BCUT2D eigenvalue weighted by Crippen LogP contribution is -2.42. The van der Waals surface area contributed by atoms with E-state index in [-0.39, 0.29) is 11.8 Å². The molecule has 1 aliphatic heterocycles. The van der Waals surface area contributed by atoms with E-state index in [1.165, 1.54) is 4.90 Å². The molecule has 2 aliphatic rings. The lowest BCUT2D eigenvalue weighted by molar-refractivity contribution is -0.125. The van der Waals surface area contributed by atoms with Gasteiger partial charge in [0.25, 0.3) is 5.91 Å². The number of anilines is 1. The standard InChI is InChI=1S/C18H21NO2/c1-12(2)13-7-5-8-15(10-13)19-17(20)11-14-6-3-4-9-16(14)18(19)21/h5,7-8,10,12H,3-4,6,9,11H2,1-2H3. The van der Waals surface area contributed by atoms with E-state index in [2.05, 4.69) is 13.8 Å². The Kier molecular flexibility index (Phi) is 3.66. The van der Waals surface area contributed by atoms with Crippen LogP contribution in [0.5, 0.6) is 0 Å². The molecule has 2 amide bonds. The van der Waals surface area contributed by atoms with Crippen LogP contribution in [-0.4, -0.2) is 11.8 Å². The fourth-order valence-corrected chi connectivity index (χ4v) is 3.22. The Balaban J connectivity index is 1.99. The summed E-state index contributed by atoms with van der Waals surface area (Å²) in [5.41, 5.74) is 3.83. The van der Waals surface area contributed by atoms with Crippen LogP contribution in [0.15, 0.2) is 35.4 Å². The van der Waals surface area contributed by atoms with E-state index in [0.717, 1.165) is 42.4 Å². The molecular weight excluding hydrogens is 262 g/mol. The van der Waals surface area contributed by atoms with Crippen LogP contribution in [0.2, 0.25) is 0 Å². The van der Waals surface area contributed by atoms with Gasteiger partial charge in [0.05, 0.1) is 5.69 Å². The van der Waals surface area contributed by atoms with Gasteiger partial charge in [-0.1, -0.05) is 31.6 Å². The summed E-state index contributed by atoms with van der Waals surface area (Å²) in [4.78, 5) is 26.5. The lowest BCUT2D eigenvalue weighted by Gasteiger charge is -2.31. The van der Waals surface area contributed by atoms with Crippen molar-refractivity contribution in [3.8, 4) is 0 Å². The van der Waals surface area contributed by atoms with Crippen LogP contribution in [-0.2, 0) is 9.59 Å². The van der Waals surface area contributed by atoms with Crippen LogP contribution in [0.25, 0.3) is 0 Å². The summed E-state index contributed by atoms with van der Waals surface area (Å²) < 4.78 is 0. The highest BCUT2D eigenvalue weighted by Crippen LogP contribution is 2.35. The number of hydrogen-bond donors (Lipinski definition) is 0. The van der Waals surface area contributed by atoms with Gasteiger partial charge in [-0.05, 0) is 49.3 Å². The molecular formula is C18H21NO2. The van der Waals surface area contributed by atoms with Crippen molar-refractivity contribution in [2.75, 3.05) is 4.90 Å². The average Bonchev–Trinajstić information content (AvgIpc) is 2.47. The summed E-state index contributed by atoms with van der Waals surface area (Å²) in [6, 6.07) is 7.79. The first-order valence-electron chi connectivity index (χ1n) is 7.76. The summed E-state index contributed by atoms with van der Waals surface area (Å²) in [6.07, 6.45) is 4.29. The van der Waals surface area contributed by atoms with E-state index >= 15 is 0 Å². The van der Waals surface area contributed by atoms with Crippen LogP contribution < -0.4 is 4.90 Å². The van der Waals surface area contributed by atoms with Crippen LogP contribution in [0.1, 0.15) is 57.4 Å². The molecule has 1 aromatic carbocycles. The van der Waals surface area contributed by atoms with Gasteiger partial charge in [0, 0.05) is 12.0 Å². The second kappa shape index (κ2) is 5.47. The number of hydrogen-bond acceptors (Lipinski definition) is 2. The maximum absolute atomic E-state index is 12.7. The highest BCUT2D eigenvalue weighted by molar-refractivity contribution is 6.24. The van der Waals surface area contributed by atoms with Crippen molar-refractivity contribution in [2.24, 2.45) is 0 Å². The first kappa shape index (κ1) is 14.1. The number of imide groups is 1. The topological polar surface area (TPSA) is 37.4 Å². The molecule has 0 saturated carbocycles. The molecule has 0 unspecified atom stereocenters. The first-order valence-corrected chi connectivity index (χ1v) is 7.76. The molecule has 1 aliphatic carbocycles. The van der Waals surface area contributed by atoms with Crippen molar-refractivity contribution < 1.29 is 9.59 Å². The van der Waals surface area contributed by atoms with Gasteiger partial charge in [0.2, 0.25) is 5.91 Å². The predicted molar refractivity (Wildman–Crippen MR) is 83.1 cm³/mol. The van der Waals surface area contributed by atoms with Crippen LogP contribution >= 0.6 is 0 Å². The molecule has 3 nitrogen and oxygen atoms in total. The SMILES string of the molecule is CC(C)c1cccc(N2C(=O)CC3=C(CCCC3)C2=O)c1. The van der Waals surface area contributed by atoms with Gasteiger partial charge in [-0.15, -0.1) is 0 Å². The second-order valence-corrected chi connectivity index (χ2v) is 6.25. The molecule has 0 atom stereocenters. The van der Waals surface area contributed by atoms with Gasteiger partial charge in [-0.3, -0.25) is 9.59 Å². The van der Waals surface area contributed by atoms with E-state index in [0.29, 0.717) is 18.0 Å². The highest BCUT2D eigenvalue weighted by Gasteiger charge is 2.34. The minimum absolute atomic E-state index is 0.0819. The van der Waals surface area contributed by atoms with Gasteiger partial charge in [0.15, 0.2) is 0 Å². The molecule has 0 N–H and O–H groups in total. The minimum atomic E-state index is -0.0955. The maximum Gasteiger partial charge on any atom is 0.260 e. The van der Waals surface area contributed by atoms with Crippen LogP contribution in [0, 0.1) is 0 Å². The molecule has 0 aromatic heterocycles. The average molecular weight is 283 g/mol. The number of carbonyl (C=O) groups is 2. The van der Waals surface area contributed by atoms with Crippen molar-refractivity contribution in [3.63, 3.8) is 0 Å². The Morgan fingerprint density at radius 1 is 1.10 bits per heavy atom. The lowest BCUT2D eigenvalue weighted by atomic mass is 9.86. The van der Waals surface area contributed by atoms with Crippen molar-refractivity contribution >= 4 is 17.5 Å². The monoisotopic (exact) mass is 283 g/mol. The van der Waals surface area contributed by atoms with Gasteiger partial charge in [-0.25, -0.2) is 4.90 Å². The number of amides is 2. The molecule has 1 heterocycles. The molecule has 0 fully saturated rings. The Bertz CT molecular complexity index is 628.